The molecule has 1 aromatic heterocycles. The number of hydrogen-bond acceptors (Lipinski definition) is 5. The molecule has 7 nitrogen and oxygen atoms in total. The molecule has 1 N–H and O–H groups in total. The molecule has 4 bridgehead atoms. The zero-order valence-corrected chi connectivity index (χ0v) is 16.1. The molecule has 5 aliphatic rings. The van der Waals surface area contributed by atoms with E-state index in [-0.39, 0.29) is 22.3 Å². The van der Waals surface area contributed by atoms with Crippen molar-refractivity contribution in [1.29, 1.82) is 0 Å². The van der Waals surface area contributed by atoms with Gasteiger partial charge in [-0.25, -0.2) is 0 Å². The van der Waals surface area contributed by atoms with E-state index >= 15 is 0 Å². The van der Waals surface area contributed by atoms with Crippen LogP contribution in [0.5, 0.6) is 0 Å². The van der Waals surface area contributed by atoms with E-state index in [1.54, 1.807) is 18.6 Å². The second kappa shape index (κ2) is 6.78. The van der Waals surface area contributed by atoms with Crippen molar-refractivity contribution in [2.75, 3.05) is 0 Å². The fourth-order valence-electron chi connectivity index (χ4n) is 7.09. The number of rotatable bonds is 4. The van der Waals surface area contributed by atoms with Gasteiger partial charge in [0.1, 0.15) is 5.92 Å². The quantitative estimate of drug-likeness (QED) is 0.635. The Morgan fingerprint density at radius 1 is 1.07 bits per heavy atom. The third-order valence-corrected chi connectivity index (χ3v) is 7.85. The molecule has 1 heterocycles. The summed E-state index contributed by atoms with van der Waals surface area (Å²) in [6.45, 7) is 0. The van der Waals surface area contributed by atoms with Gasteiger partial charge in [-0.3, -0.25) is 24.9 Å². The number of nitrogens with one attached hydrogen (secondary N) is 1. The fourth-order valence-corrected chi connectivity index (χ4v) is 7.09. The van der Waals surface area contributed by atoms with E-state index in [0.29, 0.717) is 12.8 Å². The van der Waals surface area contributed by atoms with Crippen LogP contribution in [0.2, 0.25) is 0 Å². The zero-order valence-electron chi connectivity index (χ0n) is 16.1. The predicted octanol–water partition coefficient (Wildman–Crippen LogP) is 3.09. The standard InChI is InChI=1S/C21H28N4O3/c26-20(24-21-9-13-5-14(10-21)7-15(6-13)11-21)17-2-1-16(8-19(17)25(27)28)18-12-22-3-4-23-18/h3-4,12-17,19H,1-2,5-11H2,(H,24,26). The van der Waals surface area contributed by atoms with Gasteiger partial charge in [0.2, 0.25) is 11.9 Å². The van der Waals surface area contributed by atoms with Crippen LogP contribution >= 0.6 is 0 Å². The highest BCUT2D eigenvalue weighted by Crippen LogP contribution is 2.55. The Balaban J connectivity index is 1.30. The summed E-state index contributed by atoms with van der Waals surface area (Å²) in [4.78, 5) is 33.2. The summed E-state index contributed by atoms with van der Waals surface area (Å²) in [5.74, 6) is 1.62. The molecule has 7 heteroatoms. The Morgan fingerprint density at radius 2 is 1.75 bits per heavy atom. The summed E-state index contributed by atoms with van der Waals surface area (Å²) >= 11 is 0. The summed E-state index contributed by atoms with van der Waals surface area (Å²) in [6.07, 6.45) is 13.8. The van der Waals surface area contributed by atoms with Crippen molar-refractivity contribution in [3.05, 3.63) is 34.4 Å². The van der Waals surface area contributed by atoms with Gasteiger partial charge >= 0.3 is 0 Å². The van der Waals surface area contributed by atoms with Crippen molar-refractivity contribution in [3.63, 3.8) is 0 Å². The van der Waals surface area contributed by atoms with Crippen molar-refractivity contribution < 1.29 is 9.72 Å². The zero-order chi connectivity index (χ0) is 19.3. The number of amides is 1. The maximum absolute atomic E-state index is 13.2. The van der Waals surface area contributed by atoms with Gasteiger partial charge in [0.05, 0.1) is 5.69 Å². The molecule has 28 heavy (non-hydrogen) atoms. The number of hydrogen-bond donors (Lipinski definition) is 1. The maximum atomic E-state index is 13.2. The Bertz CT molecular complexity index is 733. The van der Waals surface area contributed by atoms with E-state index < -0.39 is 12.0 Å². The smallest absolute Gasteiger partial charge is 0.230 e. The lowest BCUT2D eigenvalue weighted by molar-refractivity contribution is -0.533. The first-order chi connectivity index (χ1) is 13.5. The Labute approximate surface area is 164 Å². The van der Waals surface area contributed by atoms with Crippen molar-refractivity contribution in [1.82, 2.24) is 15.3 Å². The van der Waals surface area contributed by atoms with E-state index in [4.69, 9.17) is 0 Å². The molecule has 5 fully saturated rings. The lowest BCUT2D eigenvalue weighted by atomic mass is 9.53. The monoisotopic (exact) mass is 384 g/mol. The molecule has 5 saturated carbocycles. The minimum atomic E-state index is -0.838. The molecule has 1 aromatic rings. The molecule has 1 amide bonds. The summed E-state index contributed by atoms with van der Waals surface area (Å²) in [6, 6.07) is -0.838. The Kier molecular flexibility index (Phi) is 4.36. The van der Waals surface area contributed by atoms with Crippen LogP contribution in [0.4, 0.5) is 0 Å². The Hall–Kier alpha value is -2.05. The van der Waals surface area contributed by atoms with Gasteiger partial charge in [-0.05, 0) is 69.1 Å². The Morgan fingerprint density at radius 3 is 2.32 bits per heavy atom. The third kappa shape index (κ3) is 3.18. The highest BCUT2D eigenvalue weighted by molar-refractivity contribution is 5.80. The molecule has 0 spiro atoms. The highest BCUT2D eigenvalue weighted by Gasteiger charge is 2.53. The van der Waals surface area contributed by atoms with Gasteiger partial charge in [-0.15, -0.1) is 0 Å². The summed E-state index contributed by atoms with van der Waals surface area (Å²) in [7, 11) is 0. The molecular weight excluding hydrogens is 356 g/mol. The first kappa shape index (κ1) is 18.0. The maximum Gasteiger partial charge on any atom is 0.230 e. The van der Waals surface area contributed by atoms with Crippen LogP contribution in [0.1, 0.15) is 69.4 Å². The van der Waals surface area contributed by atoms with Crippen molar-refractivity contribution >= 4 is 5.91 Å². The molecular formula is C21H28N4O3. The number of nitro groups is 1. The number of nitrogens with zero attached hydrogens (tertiary/aromatic N) is 3. The minimum Gasteiger partial charge on any atom is -0.350 e. The summed E-state index contributed by atoms with van der Waals surface area (Å²) < 4.78 is 0. The van der Waals surface area contributed by atoms with E-state index in [1.807, 2.05) is 0 Å². The predicted molar refractivity (Wildman–Crippen MR) is 102 cm³/mol. The van der Waals surface area contributed by atoms with Crippen LogP contribution in [0.15, 0.2) is 18.6 Å². The van der Waals surface area contributed by atoms with Gasteiger partial charge in [0.25, 0.3) is 0 Å². The van der Waals surface area contributed by atoms with Gasteiger partial charge in [-0.1, -0.05) is 0 Å². The molecule has 6 rings (SSSR count). The lowest BCUT2D eigenvalue weighted by Crippen LogP contribution is -2.61. The number of aromatic nitrogens is 2. The molecule has 0 aliphatic heterocycles. The molecule has 5 aliphatic carbocycles. The molecule has 0 saturated heterocycles. The van der Waals surface area contributed by atoms with Crippen LogP contribution in [-0.4, -0.2) is 32.4 Å². The molecule has 3 atom stereocenters. The fraction of sp³-hybridized carbons (Fsp3) is 0.762. The molecule has 3 unspecified atom stereocenters. The number of carbonyl (C=O) groups is 1. The first-order valence-corrected chi connectivity index (χ1v) is 10.7. The SMILES string of the molecule is O=C(NC12CC3CC(CC(C3)C1)C2)C1CCC(c2cnccn2)CC1[N+](=O)[O-]. The molecule has 0 radical (unpaired) electrons. The van der Waals surface area contributed by atoms with Gasteiger partial charge in [0.15, 0.2) is 0 Å². The third-order valence-electron chi connectivity index (χ3n) is 7.85. The second-order valence-corrected chi connectivity index (χ2v) is 9.79. The summed E-state index contributed by atoms with van der Waals surface area (Å²) in [5, 5.41) is 15.2. The second-order valence-electron chi connectivity index (χ2n) is 9.79. The first-order valence-electron chi connectivity index (χ1n) is 10.7. The number of carbonyl (C=O) groups excluding carboxylic acids is 1. The van der Waals surface area contributed by atoms with Gasteiger partial charge < -0.3 is 5.32 Å². The van der Waals surface area contributed by atoms with Crippen LogP contribution < -0.4 is 5.32 Å². The summed E-state index contributed by atoms with van der Waals surface area (Å²) in [5.41, 5.74) is 0.712. The van der Waals surface area contributed by atoms with Crippen molar-refractivity contribution in [3.8, 4) is 0 Å². The molecule has 150 valence electrons. The average Bonchev–Trinajstić information content (AvgIpc) is 2.66. The largest absolute Gasteiger partial charge is 0.350 e. The van der Waals surface area contributed by atoms with Crippen LogP contribution in [-0.2, 0) is 4.79 Å². The minimum absolute atomic E-state index is 0.00713. The van der Waals surface area contributed by atoms with Gasteiger partial charge in [0, 0.05) is 41.4 Å². The van der Waals surface area contributed by atoms with E-state index in [2.05, 4.69) is 15.3 Å². The van der Waals surface area contributed by atoms with Crippen molar-refractivity contribution in [2.45, 2.75) is 75.3 Å². The molecule has 0 aromatic carbocycles. The van der Waals surface area contributed by atoms with E-state index in [1.165, 1.54) is 19.3 Å². The average molecular weight is 384 g/mol. The topological polar surface area (TPSA) is 98.0 Å². The van der Waals surface area contributed by atoms with E-state index in [9.17, 15) is 14.9 Å². The lowest BCUT2D eigenvalue weighted by Gasteiger charge is -2.57. The van der Waals surface area contributed by atoms with Crippen LogP contribution in [0.3, 0.4) is 0 Å². The van der Waals surface area contributed by atoms with Crippen LogP contribution in [0, 0.1) is 33.8 Å². The van der Waals surface area contributed by atoms with Crippen LogP contribution in [0.25, 0.3) is 0 Å². The normalized spacial score (nSPS) is 41.6. The van der Waals surface area contributed by atoms with Gasteiger partial charge in [-0.2, -0.15) is 0 Å². The highest BCUT2D eigenvalue weighted by atomic mass is 16.6. The van der Waals surface area contributed by atoms with E-state index in [0.717, 1.165) is 49.1 Å². The van der Waals surface area contributed by atoms with Crippen molar-refractivity contribution in [2.24, 2.45) is 23.7 Å².